The van der Waals surface area contributed by atoms with Crippen LogP contribution in [-0.2, 0) is 22.7 Å². The molecule has 126 valence electrons. The van der Waals surface area contributed by atoms with Crippen LogP contribution in [0.4, 0.5) is 0 Å². The van der Waals surface area contributed by atoms with Crippen LogP contribution >= 0.6 is 0 Å². The summed E-state index contributed by atoms with van der Waals surface area (Å²) >= 11 is 0. The average Bonchev–Trinajstić information content (AvgIpc) is 3.03. The molecule has 2 aliphatic rings. The van der Waals surface area contributed by atoms with Gasteiger partial charge >= 0.3 is 0 Å². The van der Waals surface area contributed by atoms with E-state index in [4.69, 9.17) is 0 Å². The van der Waals surface area contributed by atoms with Crippen LogP contribution in [0.15, 0.2) is 18.7 Å². The van der Waals surface area contributed by atoms with Crippen LogP contribution in [0.2, 0.25) is 0 Å². The molecule has 2 fully saturated rings. The summed E-state index contributed by atoms with van der Waals surface area (Å²) in [6, 6.07) is 0. The molecule has 0 atom stereocenters. The molecule has 0 bridgehead atoms. The predicted octanol–water partition coefficient (Wildman–Crippen LogP) is 3.07. The Balaban J connectivity index is 1.51. The van der Waals surface area contributed by atoms with E-state index in [9.17, 15) is 9.59 Å². The maximum Gasteiger partial charge on any atom is 0.244 e. The van der Waals surface area contributed by atoms with E-state index in [0.717, 1.165) is 25.7 Å². The highest BCUT2D eigenvalue weighted by atomic mass is 16.1. The SMILES string of the molecule is O=C(Cn1cc[n+](CC(=O)C2CCCCC2)c1)C1CCCCC1. The van der Waals surface area contributed by atoms with Crippen LogP contribution in [0.25, 0.3) is 0 Å². The molecule has 0 radical (unpaired) electrons. The largest absolute Gasteiger partial charge is 0.295 e. The maximum atomic E-state index is 12.3. The molecule has 0 amide bonds. The highest BCUT2D eigenvalue weighted by Gasteiger charge is 2.25. The number of hydrogen-bond donors (Lipinski definition) is 0. The number of rotatable bonds is 6. The quantitative estimate of drug-likeness (QED) is 0.757. The van der Waals surface area contributed by atoms with E-state index in [2.05, 4.69) is 0 Å². The lowest BCUT2D eigenvalue weighted by atomic mass is 9.86. The summed E-state index contributed by atoms with van der Waals surface area (Å²) in [5.41, 5.74) is 0. The van der Waals surface area contributed by atoms with Gasteiger partial charge in [-0.3, -0.25) is 9.59 Å². The summed E-state index contributed by atoms with van der Waals surface area (Å²) < 4.78 is 3.87. The maximum absolute atomic E-state index is 12.3. The molecule has 0 unspecified atom stereocenters. The van der Waals surface area contributed by atoms with Crippen molar-refractivity contribution < 1.29 is 14.2 Å². The molecule has 0 saturated heterocycles. The summed E-state index contributed by atoms with van der Waals surface area (Å²) in [6.07, 6.45) is 17.3. The second kappa shape index (κ2) is 7.89. The smallest absolute Gasteiger partial charge is 0.244 e. The summed E-state index contributed by atoms with van der Waals surface area (Å²) in [6.45, 7) is 0.907. The van der Waals surface area contributed by atoms with Crippen LogP contribution in [0.1, 0.15) is 64.2 Å². The zero-order chi connectivity index (χ0) is 16.1. The van der Waals surface area contributed by atoms with Gasteiger partial charge in [0.05, 0.1) is 0 Å². The molecule has 2 saturated carbocycles. The van der Waals surface area contributed by atoms with Gasteiger partial charge in [-0.2, -0.15) is 0 Å². The molecule has 0 aromatic carbocycles. The van der Waals surface area contributed by atoms with Crippen molar-refractivity contribution >= 4 is 11.6 Å². The third-order valence-electron chi connectivity index (χ3n) is 5.54. The summed E-state index contributed by atoms with van der Waals surface area (Å²) in [5.74, 6) is 1.21. The number of imidazole rings is 1. The molecule has 4 heteroatoms. The molecule has 0 spiro atoms. The van der Waals surface area contributed by atoms with Crippen molar-refractivity contribution in [1.29, 1.82) is 0 Å². The standard InChI is InChI=1S/C19H29N2O2/c22-18(16-7-3-1-4-8-16)13-20-11-12-21(15-20)14-19(23)17-9-5-2-6-10-17/h11-12,15-17H,1-10,13-14H2/q+1. The first-order valence-electron chi connectivity index (χ1n) is 9.32. The van der Waals surface area contributed by atoms with Gasteiger partial charge in [0, 0.05) is 11.8 Å². The van der Waals surface area contributed by atoms with E-state index >= 15 is 0 Å². The number of ketones is 2. The van der Waals surface area contributed by atoms with Gasteiger partial charge in [-0.15, -0.1) is 0 Å². The Bertz CT molecular complexity index is 491. The van der Waals surface area contributed by atoms with E-state index in [1.165, 1.54) is 38.5 Å². The number of carbonyl (C=O) groups is 2. The van der Waals surface area contributed by atoms with Crippen molar-refractivity contribution in [2.24, 2.45) is 11.8 Å². The van der Waals surface area contributed by atoms with Gasteiger partial charge in [-0.25, -0.2) is 9.13 Å². The number of carbonyl (C=O) groups excluding carboxylic acids is 2. The van der Waals surface area contributed by atoms with Gasteiger partial charge in [-0.1, -0.05) is 38.5 Å². The van der Waals surface area contributed by atoms with Crippen molar-refractivity contribution in [2.45, 2.75) is 77.3 Å². The van der Waals surface area contributed by atoms with E-state index in [1.54, 1.807) is 0 Å². The number of aromatic nitrogens is 2. The second-order valence-electron chi connectivity index (χ2n) is 7.36. The molecule has 0 aliphatic heterocycles. The molecule has 4 nitrogen and oxygen atoms in total. The Kier molecular flexibility index (Phi) is 5.63. The fourth-order valence-electron chi connectivity index (χ4n) is 4.09. The zero-order valence-corrected chi connectivity index (χ0v) is 14.1. The van der Waals surface area contributed by atoms with E-state index in [-0.39, 0.29) is 11.8 Å². The Morgan fingerprint density at radius 3 is 2.04 bits per heavy atom. The first-order chi connectivity index (χ1) is 11.2. The lowest BCUT2D eigenvalue weighted by Gasteiger charge is -2.19. The van der Waals surface area contributed by atoms with Crippen LogP contribution in [-0.4, -0.2) is 16.1 Å². The third-order valence-corrected chi connectivity index (χ3v) is 5.54. The van der Waals surface area contributed by atoms with Crippen molar-refractivity contribution in [2.75, 3.05) is 0 Å². The minimum Gasteiger partial charge on any atom is -0.295 e. The van der Waals surface area contributed by atoms with Crippen molar-refractivity contribution in [3.8, 4) is 0 Å². The second-order valence-corrected chi connectivity index (χ2v) is 7.36. The lowest BCUT2D eigenvalue weighted by molar-refractivity contribution is -0.684. The molecule has 2 aliphatic carbocycles. The molecule has 0 N–H and O–H groups in total. The van der Waals surface area contributed by atoms with Gasteiger partial charge in [0.15, 0.2) is 11.6 Å². The molecule has 1 heterocycles. The zero-order valence-electron chi connectivity index (χ0n) is 14.1. The van der Waals surface area contributed by atoms with Crippen LogP contribution < -0.4 is 4.57 Å². The molecule has 1 aromatic rings. The van der Waals surface area contributed by atoms with Gasteiger partial charge in [0.2, 0.25) is 6.33 Å². The van der Waals surface area contributed by atoms with Gasteiger partial charge in [0.25, 0.3) is 0 Å². The average molecular weight is 317 g/mol. The van der Waals surface area contributed by atoms with Crippen LogP contribution in [0.3, 0.4) is 0 Å². The Morgan fingerprint density at radius 1 is 0.870 bits per heavy atom. The first kappa shape index (κ1) is 16.4. The minimum atomic E-state index is 0.253. The number of hydrogen-bond acceptors (Lipinski definition) is 2. The summed E-state index contributed by atoms with van der Waals surface area (Å²) in [7, 11) is 0. The summed E-state index contributed by atoms with van der Waals surface area (Å²) in [5, 5.41) is 0. The van der Waals surface area contributed by atoms with Gasteiger partial charge < -0.3 is 0 Å². The van der Waals surface area contributed by atoms with E-state index in [1.807, 2.05) is 27.9 Å². The Hall–Kier alpha value is -1.45. The fourth-order valence-corrected chi connectivity index (χ4v) is 4.09. The molecular formula is C19H29N2O2+. The third kappa shape index (κ3) is 4.52. The molecule has 3 rings (SSSR count). The van der Waals surface area contributed by atoms with Crippen molar-refractivity contribution in [3.05, 3.63) is 18.7 Å². The van der Waals surface area contributed by atoms with Gasteiger partial charge in [0.1, 0.15) is 25.5 Å². The minimum absolute atomic E-state index is 0.253. The molecular weight excluding hydrogens is 288 g/mol. The van der Waals surface area contributed by atoms with E-state index in [0.29, 0.717) is 24.7 Å². The predicted molar refractivity (Wildman–Crippen MR) is 87.8 cm³/mol. The monoisotopic (exact) mass is 317 g/mol. The first-order valence-corrected chi connectivity index (χ1v) is 9.32. The molecule has 1 aromatic heterocycles. The highest BCUT2D eigenvalue weighted by Crippen LogP contribution is 2.25. The summed E-state index contributed by atoms with van der Waals surface area (Å²) in [4.78, 5) is 24.7. The van der Waals surface area contributed by atoms with Crippen molar-refractivity contribution in [3.63, 3.8) is 0 Å². The van der Waals surface area contributed by atoms with Crippen LogP contribution in [0, 0.1) is 11.8 Å². The topological polar surface area (TPSA) is 43.0 Å². The van der Waals surface area contributed by atoms with E-state index < -0.39 is 0 Å². The normalized spacial score (nSPS) is 20.5. The van der Waals surface area contributed by atoms with Crippen LogP contribution in [0.5, 0.6) is 0 Å². The highest BCUT2D eigenvalue weighted by molar-refractivity contribution is 5.81. The molecule has 23 heavy (non-hydrogen) atoms. The Labute approximate surface area is 138 Å². The number of nitrogens with zero attached hydrogens (tertiary/aromatic N) is 2. The Morgan fingerprint density at radius 2 is 1.43 bits per heavy atom. The van der Waals surface area contributed by atoms with Crippen molar-refractivity contribution in [1.82, 2.24) is 4.57 Å². The fraction of sp³-hybridized carbons (Fsp3) is 0.737. The number of Topliss-reactive ketones (excluding diaryl/α,β-unsaturated/α-hetero) is 2. The lowest BCUT2D eigenvalue weighted by Crippen LogP contribution is -2.39. The van der Waals surface area contributed by atoms with Gasteiger partial charge in [-0.05, 0) is 25.7 Å².